The SMILES string of the molecule is CC1(C)[C@@H]2CC[C@@]3(C)O[C@H]3CC/C=C\[C@@H]21. The predicted octanol–water partition coefficient (Wildman–Crippen LogP) is 3.55. The Kier molecular flexibility index (Phi) is 1.90. The van der Waals surface area contributed by atoms with Crippen LogP contribution in [0.5, 0.6) is 0 Å². The minimum atomic E-state index is 0.244. The third-order valence-electron chi connectivity index (χ3n) is 5.07. The zero-order valence-electron chi connectivity index (χ0n) is 10.1. The average molecular weight is 206 g/mol. The largest absolute Gasteiger partial charge is 0.366 e. The highest BCUT2D eigenvalue weighted by Crippen LogP contribution is 2.62. The fourth-order valence-electron chi connectivity index (χ4n) is 3.53. The first kappa shape index (κ1) is 9.89. The van der Waals surface area contributed by atoms with Gasteiger partial charge in [-0.2, -0.15) is 0 Å². The Labute approximate surface area is 92.9 Å². The molecule has 1 saturated carbocycles. The van der Waals surface area contributed by atoms with E-state index in [1.54, 1.807) is 0 Å². The predicted molar refractivity (Wildman–Crippen MR) is 61.6 cm³/mol. The lowest BCUT2D eigenvalue weighted by molar-refractivity contribution is 0.284. The van der Waals surface area contributed by atoms with E-state index in [-0.39, 0.29) is 5.60 Å². The Morgan fingerprint density at radius 1 is 1.20 bits per heavy atom. The van der Waals surface area contributed by atoms with E-state index in [9.17, 15) is 0 Å². The molecule has 1 nitrogen and oxygen atoms in total. The summed E-state index contributed by atoms with van der Waals surface area (Å²) in [4.78, 5) is 0. The number of allylic oxidation sites excluding steroid dienone is 2. The number of hydrogen-bond donors (Lipinski definition) is 0. The van der Waals surface area contributed by atoms with Gasteiger partial charge in [0.2, 0.25) is 0 Å². The third-order valence-corrected chi connectivity index (χ3v) is 5.07. The van der Waals surface area contributed by atoms with Crippen molar-refractivity contribution in [2.75, 3.05) is 0 Å². The van der Waals surface area contributed by atoms with Crippen LogP contribution in [0, 0.1) is 17.3 Å². The Morgan fingerprint density at radius 3 is 2.80 bits per heavy atom. The zero-order valence-corrected chi connectivity index (χ0v) is 10.1. The molecule has 0 aromatic carbocycles. The molecule has 3 rings (SSSR count). The van der Waals surface area contributed by atoms with Crippen molar-refractivity contribution in [1.82, 2.24) is 0 Å². The van der Waals surface area contributed by atoms with Crippen molar-refractivity contribution in [2.24, 2.45) is 17.3 Å². The van der Waals surface area contributed by atoms with Gasteiger partial charge in [0.15, 0.2) is 0 Å². The smallest absolute Gasteiger partial charge is 0.0920 e. The molecule has 0 unspecified atom stereocenters. The molecule has 1 heterocycles. The zero-order chi connectivity index (χ0) is 10.7. The van der Waals surface area contributed by atoms with Crippen LogP contribution < -0.4 is 0 Å². The van der Waals surface area contributed by atoms with Gasteiger partial charge >= 0.3 is 0 Å². The molecule has 4 atom stereocenters. The lowest BCUT2D eigenvalue weighted by Gasteiger charge is -2.07. The molecule has 0 aromatic heterocycles. The molecule has 0 aromatic rings. The lowest BCUT2D eigenvalue weighted by atomic mass is 9.95. The molecule has 0 N–H and O–H groups in total. The number of ether oxygens (including phenoxy) is 1. The summed E-state index contributed by atoms with van der Waals surface area (Å²) in [7, 11) is 0. The van der Waals surface area contributed by atoms with Crippen LogP contribution in [0.2, 0.25) is 0 Å². The van der Waals surface area contributed by atoms with Crippen molar-refractivity contribution < 1.29 is 4.74 Å². The van der Waals surface area contributed by atoms with Gasteiger partial charge in [-0.05, 0) is 49.9 Å². The Morgan fingerprint density at radius 2 is 2.00 bits per heavy atom. The van der Waals surface area contributed by atoms with Gasteiger partial charge in [-0.1, -0.05) is 26.0 Å². The van der Waals surface area contributed by atoms with Gasteiger partial charge in [0.05, 0.1) is 11.7 Å². The third kappa shape index (κ3) is 1.47. The molecule has 1 aliphatic heterocycles. The topological polar surface area (TPSA) is 12.5 Å². The molecule has 2 fully saturated rings. The highest BCUT2D eigenvalue weighted by molar-refractivity contribution is 5.16. The summed E-state index contributed by atoms with van der Waals surface area (Å²) in [6.07, 6.45) is 10.5. The second-order valence-electron chi connectivity index (χ2n) is 6.42. The summed E-state index contributed by atoms with van der Waals surface area (Å²) in [5.41, 5.74) is 0.802. The highest BCUT2D eigenvalue weighted by Gasteiger charge is 2.58. The Hall–Kier alpha value is -0.300. The fraction of sp³-hybridized carbons (Fsp3) is 0.857. The summed E-state index contributed by atoms with van der Waals surface area (Å²) >= 11 is 0. The van der Waals surface area contributed by atoms with Crippen LogP contribution in [0.1, 0.15) is 46.5 Å². The van der Waals surface area contributed by atoms with E-state index in [1.165, 1.54) is 25.7 Å². The summed E-state index contributed by atoms with van der Waals surface area (Å²) < 4.78 is 5.84. The molecule has 1 saturated heterocycles. The monoisotopic (exact) mass is 206 g/mol. The first-order chi connectivity index (χ1) is 7.04. The second kappa shape index (κ2) is 2.88. The van der Waals surface area contributed by atoms with E-state index in [2.05, 4.69) is 32.9 Å². The summed E-state index contributed by atoms with van der Waals surface area (Å²) in [5.74, 6) is 1.75. The molecule has 15 heavy (non-hydrogen) atoms. The number of rotatable bonds is 0. The lowest BCUT2D eigenvalue weighted by Crippen LogP contribution is -2.11. The highest BCUT2D eigenvalue weighted by atomic mass is 16.6. The van der Waals surface area contributed by atoms with E-state index in [1.807, 2.05) is 0 Å². The number of hydrogen-bond acceptors (Lipinski definition) is 1. The van der Waals surface area contributed by atoms with Gasteiger partial charge in [0.1, 0.15) is 0 Å². The van der Waals surface area contributed by atoms with Crippen LogP contribution in [-0.4, -0.2) is 11.7 Å². The van der Waals surface area contributed by atoms with Crippen molar-refractivity contribution >= 4 is 0 Å². The Bertz CT molecular complexity index is 304. The molecule has 0 bridgehead atoms. The van der Waals surface area contributed by atoms with Gasteiger partial charge < -0.3 is 4.74 Å². The molecule has 3 aliphatic rings. The maximum absolute atomic E-state index is 5.84. The summed E-state index contributed by atoms with van der Waals surface area (Å²) in [5, 5.41) is 0. The quantitative estimate of drug-likeness (QED) is 0.436. The molecule has 2 aliphatic carbocycles. The van der Waals surface area contributed by atoms with Crippen LogP contribution in [0.25, 0.3) is 0 Å². The van der Waals surface area contributed by atoms with Gasteiger partial charge in [0, 0.05) is 0 Å². The van der Waals surface area contributed by atoms with Gasteiger partial charge in [0.25, 0.3) is 0 Å². The number of epoxide rings is 1. The first-order valence-corrected chi connectivity index (χ1v) is 6.38. The van der Waals surface area contributed by atoms with Crippen LogP contribution in [-0.2, 0) is 4.74 Å². The van der Waals surface area contributed by atoms with Crippen LogP contribution >= 0.6 is 0 Å². The molecule has 84 valence electrons. The minimum absolute atomic E-state index is 0.244. The minimum Gasteiger partial charge on any atom is -0.366 e. The maximum atomic E-state index is 5.84. The van der Waals surface area contributed by atoms with E-state index < -0.39 is 0 Å². The molecule has 0 spiro atoms. The summed E-state index contributed by atoms with van der Waals surface area (Å²) in [6.45, 7) is 7.13. The average Bonchev–Trinajstić information content (AvgIpc) is 2.96. The molecule has 0 radical (unpaired) electrons. The Balaban J connectivity index is 1.73. The normalized spacial score (nSPS) is 53.7. The van der Waals surface area contributed by atoms with Gasteiger partial charge in [-0.3, -0.25) is 0 Å². The maximum Gasteiger partial charge on any atom is 0.0920 e. The van der Waals surface area contributed by atoms with Gasteiger partial charge in [-0.25, -0.2) is 0 Å². The molecule has 0 amide bonds. The molecule has 1 heteroatoms. The number of fused-ring (bicyclic) bond motifs is 2. The molecular weight excluding hydrogens is 184 g/mol. The van der Waals surface area contributed by atoms with Crippen LogP contribution in [0.4, 0.5) is 0 Å². The van der Waals surface area contributed by atoms with Crippen molar-refractivity contribution in [3.63, 3.8) is 0 Å². The standard InChI is InChI=1S/C14H22O/c1-13(2)10-6-4-5-7-12-14(3,15-12)9-8-11(10)13/h4,6,10-12H,5,7-9H2,1-3H3/b6-4-/t10-,11+,12-,14+/m0/s1. The van der Waals surface area contributed by atoms with Gasteiger partial charge in [-0.15, -0.1) is 0 Å². The van der Waals surface area contributed by atoms with E-state index in [4.69, 9.17) is 4.74 Å². The summed E-state index contributed by atoms with van der Waals surface area (Å²) in [6, 6.07) is 0. The molecular formula is C14H22O. The second-order valence-corrected chi connectivity index (χ2v) is 6.42. The van der Waals surface area contributed by atoms with Crippen molar-refractivity contribution in [3.05, 3.63) is 12.2 Å². The van der Waals surface area contributed by atoms with E-state index in [0.717, 1.165) is 11.8 Å². The van der Waals surface area contributed by atoms with E-state index in [0.29, 0.717) is 11.5 Å². The van der Waals surface area contributed by atoms with Crippen molar-refractivity contribution in [1.29, 1.82) is 0 Å². The van der Waals surface area contributed by atoms with Crippen molar-refractivity contribution in [3.8, 4) is 0 Å². The first-order valence-electron chi connectivity index (χ1n) is 6.38. The fourth-order valence-corrected chi connectivity index (χ4v) is 3.53. The van der Waals surface area contributed by atoms with Crippen LogP contribution in [0.15, 0.2) is 12.2 Å². The van der Waals surface area contributed by atoms with Crippen LogP contribution in [0.3, 0.4) is 0 Å². The van der Waals surface area contributed by atoms with E-state index >= 15 is 0 Å². The van der Waals surface area contributed by atoms with Crippen molar-refractivity contribution in [2.45, 2.75) is 58.2 Å².